The molecule has 0 spiro atoms. The molecule has 1 aliphatic heterocycles. The van der Waals surface area contributed by atoms with Crippen molar-refractivity contribution in [3.8, 4) is 17.1 Å². The van der Waals surface area contributed by atoms with E-state index in [4.69, 9.17) is 9.47 Å². The third-order valence-electron chi connectivity index (χ3n) is 5.14. The van der Waals surface area contributed by atoms with Crippen LogP contribution >= 0.6 is 0 Å². The topological polar surface area (TPSA) is 120 Å². The summed E-state index contributed by atoms with van der Waals surface area (Å²) in [5.74, 6) is 0.790. The van der Waals surface area contributed by atoms with Crippen LogP contribution in [0, 0.1) is 0 Å². The minimum Gasteiger partial charge on any atom is -0.484 e. The SMILES string of the molecule is Cn1c(=O)c2[nH]c(-c3ccc(OCC(=O)NCC4CCCO4)cc3)nc2n(C)c1=O. The Morgan fingerprint density at radius 1 is 1.27 bits per heavy atom. The maximum absolute atomic E-state index is 12.3. The van der Waals surface area contributed by atoms with Crippen LogP contribution in [0.1, 0.15) is 12.8 Å². The summed E-state index contributed by atoms with van der Waals surface area (Å²) >= 11 is 0. The molecule has 1 unspecified atom stereocenters. The largest absolute Gasteiger partial charge is 0.484 e. The van der Waals surface area contributed by atoms with Crippen LogP contribution in [0.3, 0.4) is 0 Å². The van der Waals surface area contributed by atoms with Gasteiger partial charge in [-0.3, -0.25) is 18.7 Å². The molecule has 1 atom stereocenters. The number of carbonyl (C=O) groups excluding carboxylic acids is 1. The predicted molar refractivity (Wildman–Crippen MR) is 109 cm³/mol. The molecule has 3 aromatic rings. The van der Waals surface area contributed by atoms with Gasteiger partial charge in [0.25, 0.3) is 11.5 Å². The smallest absolute Gasteiger partial charge is 0.332 e. The Hall–Kier alpha value is -3.40. The van der Waals surface area contributed by atoms with E-state index in [0.717, 1.165) is 29.6 Å². The number of aryl methyl sites for hydroxylation is 1. The van der Waals surface area contributed by atoms with Crippen LogP contribution in [0.5, 0.6) is 5.75 Å². The van der Waals surface area contributed by atoms with Gasteiger partial charge in [-0.25, -0.2) is 9.78 Å². The van der Waals surface area contributed by atoms with Crippen LogP contribution in [-0.2, 0) is 23.6 Å². The minimum atomic E-state index is -0.438. The number of ether oxygens (including phenoxy) is 2. The van der Waals surface area contributed by atoms with Crippen molar-refractivity contribution in [3.63, 3.8) is 0 Å². The van der Waals surface area contributed by atoms with Gasteiger partial charge in [-0.05, 0) is 37.1 Å². The lowest BCUT2D eigenvalue weighted by molar-refractivity contribution is -0.123. The molecule has 0 bridgehead atoms. The minimum absolute atomic E-state index is 0.0884. The Morgan fingerprint density at radius 2 is 2.03 bits per heavy atom. The number of nitrogens with zero attached hydrogens (tertiary/aromatic N) is 3. The van der Waals surface area contributed by atoms with Crippen LogP contribution < -0.4 is 21.3 Å². The number of aromatic nitrogens is 4. The molecule has 30 heavy (non-hydrogen) atoms. The first-order valence-corrected chi connectivity index (χ1v) is 9.71. The number of H-pyrrole nitrogens is 1. The van der Waals surface area contributed by atoms with Gasteiger partial charge < -0.3 is 19.8 Å². The number of hydrogen-bond donors (Lipinski definition) is 2. The highest BCUT2D eigenvalue weighted by molar-refractivity contribution is 5.77. The average Bonchev–Trinajstić information content (AvgIpc) is 3.44. The van der Waals surface area contributed by atoms with Crippen molar-refractivity contribution < 1.29 is 14.3 Å². The maximum atomic E-state index is 12.3. The predicted octanol–water partition coefficient (Wildman–Crippen LogP) is 0.301. The zero-order chi connectivity index (χ0) is 21.3. The van der Waals surface area contributed by atoms with Crippen molar-refractivity contribution in [2.45, 2.75) is 18.9 Å². The zero-order valence-corrected chi connectivity index (χ0v) is 16.8. The third-order valence-corrected chi connectivity index (χ3v) is 5.14. The summed E-state index contributed by atoms with van der Waals surface area (Å²) in [7, 11) is 2.99. The van der Waals surface area contributed by atoms with Crippen LogP contribution in [0.25, 0.3) is 22.6 Å². The quantitative estimate of drug-likeness (QED) is 0.600. The highest BCUT2D eigenvalue weighted by Gasteiger charge is 2.17. The second kappa shape index (κ2) is 8.15. The van der Waals surface area contributed by atoms with Gasteiger partial charge in [0.15, 0.2) is 12.3 Å². The van der Waals surface area contributed by atoms with Gasteiger partial charge in [0, 0.05) is 32.8 Å². The molecule has 10 heteroatoms. The zero-order valence-electron chi connectivity index (χ0n) is 16.8. The first-order chi connectivity index (χ1) is 14.4. The highest BCUT2D eigenvalue weighted by Crippen LogP contribution is 2.21. The number of hydrogen-bond acceptors (Lipinski definition) is 6. The standard InChI is InChI=1S/C20H23N5O5/c1-24-18-16(19(27)25(2)20(24)28)22-17(23-18)12-5-7-13(8-6-12)30-11-15(26)21-10-14-4-3-9-29-14/h5-8,14H,3-4,9-11H2,1-2H3,(H,21,26)(H,22,23). The summed E-state index contributed by atoms with van der Waals surface area (Å²) in [6.07, 6.45) is 2.08. The van der Waals surface area contributed by atoms with Crippen LogP contribution in [0.2, 0.25) is 0 Å². The van der Waals surface area contributed by atoms with E-state index >= 15 is 0 Å². The lowest BCUT2D eigenvalue weighted by Gasteiger charge is -2.11. The summed E-state index contributed by atoms with van der Waals surface area (Å²) in [4.78, 5) is 43.6. The van der Waals surface area contributed by atoms with Gasteiger partial charge in [-0.2, -0.15) is 0 Å². The van der Waals surface area contributed by atoms with Crippen molar-refractivity contribution in [2.75, 3.05) is 19.8 Å². The fraction of sp³-hybridized carbons (Fsp3) is 0.400. The Kier molecular flexibility index (Phi) is 5.40. The summed E-state index contributed by atoms with van der Waals surface area (Å²) in [5.41, 5.74) is 0.406. The molecule has 1 amide bonds. The van der Waals surface area contributed by atoms with E-state index in [-0.39, 0.29) is 24.1 Å². The van der Waals surface area contributed by atoms with E-state index in [9.17, 15) is 14.4 Å². The maximum Gasteiger partial charge on any atom is 0.332 e. The van der Waals surface area contributed by atoms with Crippen molar-refractivity contribution >= 4 is 17.1 Å². The van der Waals surface area contributed by atoms with Crippen molar-refractivity contribution in [3.05, 3.63) is 45.1 Å². The summed E-state index contributed by atoms with van der Waals surface area (Å²) < 4.78 is 13.3. The first kappa shape index (κ1) is 19.9. The fourth-order valence-corrected chi connectivity index (χ4v) is 3.40. The van der Waals surface area contributed by atoms with E-state index in [1.54, 1.807) is 31.3 Å². The summed E-state index contributed by atoms with van der Waals surface area (Å²) in [5, 5.41) is 2.80. The average molecular weight is 413 g/mol. The molecule has 1 fully saturated rings. The Morgan fingerprint density at radius 3 is 2.73 bits per heavy atom. The number of amides is 1. The monoisotopic (exact) mass is 413 g/mol. The first-order valence-electron chi connectivity index (χ1n) is 9.71. The number of carbonyl (C=O) groups is 1. The van der Waals surface area contributed by atoms with E-state index < -0.39 is 11.2 Å². The van der Waals surface area contributed by atoms with Crippen LogP contribution in [-0.4, -0.2) is 50.9 Å². The van der Waals surface area contributed by atoms with E-state index in [1.165, 1.54) is 11.6 Å². The molecule has 1 saturated heterocycles. The number of benzene rings is 1. The molecule has 0 aliphatic carbocycles. The molecule has 2 aromatic heterocycles. The molecule has 1 aromatic carbocycles. The van der Waals surface area contributed by atoms with Crippen LogP contribution in [0.15, 0.2) is 33.9 Å². The lowest BCUT2D eigenvalue weighted by atomic mass is 10.2. The van der Waals surface area contributed by atoms with Gasteiger partial charge >= 0.3 is 5.69 Å². The Bertz CT molecular complexity index is 1190. The molecule has 4 rings (SSSR count). The molecule has 0 saturated carbocycles. The highest BCUT2D eigenvalue weighted by atomic mass is 16.5. The van der Waals surface area contributed by atoms with Gasteiger partial charge in [-0.1, -0.05) is 0 Å². The Balaban J connectivity index is 1.43. The number of aromatic amines is 1. The molecule has 3 heterocycles. The van der Waals surface area contributed by atoms with Crippen LogP contribution in [0.4, 0.5) is 0 Å². The third kappa shape index (κ3) is 3.86. The molecule has 158 valence electrons. The van der Waals surface area contributed by atoms with E-state index in [1.807, 2.05) is 0 Å². The summed E-state index contributed by atoms with van der Waals surface area (Å²) in [6.45, 7) is 1.16. The number of imidazole rings is 1. The Labute approximate surface area is 171 Å². The molecule has 0 radical (unpaired) electrons. The fourth-order valence-electron chi connectivity index (χ4n) is 3.40. The van der Waals surface area contributed by atoms with Gasteiger partial charge in [0.1, 0.15) is 17.1 Å². The van der Waals surface area contributed by atoms with Gasteiger partial charge in [-0.15, -0.1) is 0 Å². The molecule has 1 aliphatic rings. The lowest BCUT2D eigenvalue weighted by Crippen LogP contribution is -2.36. The van der Waals surface area contributed by atoms with Crippen molar-refractivity contribution in [1.82, 2.24) is 24.4 Å². The van der Waals surface area contributed by atoms with E-state index in [2.05, 4.69) is 15.3 Å². The summed E-state index contributed by atoms with van der Waals surface area (Å²) in [6, 6.07) is 6.96. The number of fused-ring (bicyclic) bond motifs is 1. The van der Waals surface area contributed by atoms with Gasteiger partial charge in [0.05, 0.1) is 6.10 Å². The molecule has 10 nitrogen and oxygen atoms in total. The van der Waals surface area contributed by atoms with Crippen molar-refractivity contribution in [2.24, 2.45) is 14.1 Å². The second-order valence-corrected chi connectivity index (χ2v) is 7.24. The van der Waals surface area contributed by atoms with E-state index in [0.29, 0.717) is 23.8 Å². The van der Waals surface area contributed by atoms with Gasteiger partial charge in [0.2, 0.25) is 0 Å². The molecule has 2 N–H and O–H groups in total. The van der Waals surface area contributed by atoms with Crippen molar-refractivity contribution in [1.29, 1.82) is 0 Å². The second-order valence-electron chi connectivity index (χ2n) is 7.24. The molecular weight excluding hydrogens is 390 g/mol. The molecular formula is C20H23N5O5. The number of rotatable bonds is 6. The normalized spacial score (nSPS) is 16.1. The number of nitrogens with one attached hydrogen (secondary N) is 2.